The minimum atomic E-state index is -1.28. The molecule has 344 valence electrons. The number of ketones is 3. The summed E-state index contributed by atoms with van der Waals surface area (Å²) in [6.45, 7) is 1.83. The number of hydrogen-bond acceptors (Lipinski definition) is 18. The van der Waals surface area contributed by atoms with Gasteiger partial charge in [-0.3, -0.25) is 33.8 Å². The monoisotopic (exact) mass is 933 g/mol. The van der Waals surface area contributed by atoms with Gasteiger partial charge in [-0.2, -0.15) is 4.98 Å². The summed E-state index contributed by atoms with van der Waals surface area (Å²) in [6, 6.07) is 5.23. The van der Waals surface area contributed by atoms with Crippen molar-refractivity contribution in [1.82, 2.24) is 35.5 Å². The molecule has 4 aliphatic rings. The first-order valence-corrected chi connectivity index (χ1v) is 23.2. The number of carboxylic acid groups (broad SMARTS) is 2. The summed E-state index contributed by atoms with van der Waals surface area (Å²) in [5.41, 5.74) is 12.3. The van der Waals surface area contributed by atoms with Crippen LogP contribution in [0, 0.1) is 11.8 Å². The largest absolute Gasteiger partial charge is 0.481 e. The van der Waals surface area contributed by atoms with Crippen molar-refractivity contribution in [3.63, 3.8) is 0 Å². The number of nitrogens with two attached hydrogens (primary N) is 2. The highest BCUT2D eigenvalue weighted by Gasteiger charge is 2.72. The number of carboxylic acids is 2. The number of fused-ring (bicyclic) bond motifs is 5. The predicted octanol–water partition coefficient (Wildman–Crippen LogP) is 1.31. The third-order valence-electron chi connectivity index (χ3n) is 12.1. The quantitative estimate of drug-likeness (QED) is 0.0245. The molecule has 2 amide bonds. The maximum absolute atomic E-state index is 14.1. The van der Waals surface area contributed by atoms with Gasteiger partial charge in [-0.05, 0) is 44.6 Å². The molecule has 65 heavy (non-hydrogen) atoms. The minimum Gasteiger partial charge on any atom is -0.481 e. The molecule has 0 spiro atoms. The van der Waals surface area contributed by atoms with Gasteiger partial charge in [0.25, 0.3) is 5.56 Å². The number of hydrogen-bond donors (Lipinski definition) is 7. The number of H-pyrrole nitrogens is 1. The summed E-state index contributed by atoms with van der Waals surface area (Å²) < 4.78 is 11.2. The molecule has 0 saturated carbocycles. The predicted molar refractivity (Wildman–Crippen MR) is 235 cm³/mol. The van der Waals surface area contributed by atoms with Crippen LogP contribution in [0.2, 0.25) is 0 Å². The Morgan fingerprint density at radius 2 is 1.78 bits per heavy atom. The molecule has 1 aromatic carbocycles. The van der Waals surface area contributed by atoms with E-state index in [2.05, 4.69) is 30.6 Å². The lowest BCUT2D eigenvalue weighted by Gasteiger charge is -2.39. The van der Waals surface area contributed by atoms with E-state index in [-0.39, 0.29) is 95.6 Å². The van der Waals surface area contributed by atoms with E-state index < -0.39 is 58.9 Å². The van der Waals surface area contributed by atoms with E-state index in [0.717, 1.165) is 5.56 Å². The topological polar surface area (TPSA) is 339 Å². The first kappa shape index (κ1) is 46.8. The number of aliphatic carboxylic acids is 2. The minimum absolute atomic E-state index is 0.0207. The zero-order valence-corrected chi connectivity index (χ0v) is 36.9. The molecule has 0 unspecified atom stereocenters. The number of rotatable bonds is 22. The molecule has 3 aromatic rings. The Labute approximate surface area is 378 Å². The number of nitrogen functional groups attached to an aromatic ring is 1. The van der Waals surface area contributed by atoms with E-state index in [1.54, 1.807) is 31.2 Å². The third kappa shape index (κ3) is 9.77. The molecule has 6 atom stereocenters. The number of primary amides is 1. The van der Waals surface area contributed by atoms with Crippen molar-refractivity contribution in [3.8, 4) is 0 Å². The summed E-state index contributed by atoms with van der Waals surface area (Å²) in [7, 11) is 4.02. The van der Waals surface area contributed by atoms with E-state index in [0.29, 0.717) is 48.4 Å². The molecule has 0 bridgehead atoms. The van der Waals surface area contributed by atoms with Crippen LogP contribution in [0.25, 0.3) is 11.2 Å². The Kier molecular flexibility index (Phi) is 14.1. The van der Waals surface area contributed by atoms with Crippen LogP contribution in [-0.4, -0.2) is 132 Å². The fourth-order valence-electron chi connectivity index (χ4n) is 8.75. The zero-order valence-electron chi connectivity index (χ0n) is 35.3. The zero-order chi connectivity index (χ0) is 46.7. The summed E-state index contributed by atoms with van der Waals surface area (Å²) >= 11 is 0. The fraction of sp³-hybridized carbons (Fsp3) is 0.452. The van der Waals surface area contributed by atoms with Crippen LogP contribution >= 0.6 is 21.6 Å². The molecular formula is C42H47N9O12S2. The van der Waals surface area contributed by atoms with E-state index >= 15 is 0 Å². The number of Topliss-reactive ketones (excluding diaryl/α,β-unsaturated/α-hetero) is 3. The molecule has 2 aromatic heterocycles. The Bertz CT molecular complexity index is 2580. The van der Waals surface area contributed by atoms with E-state index in [4.69, 9.17) is 20.9 Å². The van der Waals surface area contributed by atoms with Gasteiger partial charge in [0, 0.05) is 66.3 Å². The van der Waals surface area contributed by atoms with Crippen LogP contribution in [0.5, 0.6) is 0 Å². The molecule has 7 rings (SSSR count). The molecular weight excluding hydrogens is 887 g/mol. The molecule has 21 nitrogen and oxygen atoms in total. The highest BCUT2D eigenvalue weighted by atomic mass is 33.1. The number of methoxy groups -OCH3 is 1. The number of nitrogens with zero attached hydrogens (tertiary/aromatic N) is 4. The number of aromatic amines is 1. The molecule has 2 fully saturated rings. The second-order valence-electron chi connectivity index (χ2n) is 16.1. The van der Waals surface area contributed by atoms with Gasteiger partial charge in [0.2, 0.25) is 17.6 Å². The van der Waals surface area contributed by atoms with Crippen molar-refractivity contribution >= 4 is 80.0 Å². The normalized spacial score (nSPS) is 21.8. The SMILES string of the molecule is CO[C@@]12[C@H](COC(N)=O)C3=C(C(=O)C(C)=C(CCCSSC[C@H](NC(=O)CC[C@@H](CC(=O)c4ccc(CCc5cnc6nc(N)[nH]c(=O)c6n5)cc4)C(=O)O)C(=O)O)C3=O)N1C[C@@H]1N[C@@H]12. The number of carbonyl (C=O) groups is 7. The van der Waals surface area contributed by atoms with Gasteiger partial charge in [0.05, 0.1) is 35.5 Å². The Morgan fingerprint density at radius 1 is 1.03 bits per heavy atom. The molecule has 2 saturated heterocycles. The Morgan fingerprint density at radius 3 is 2.48 bits per heavy atom. The highest BCUT2D eigenvalue weighted by molar-refractivity contribution is 8.76. The third-order valence-corrected chi connectivity index (χ3v) is 14.6. The van der Waals surface area contributed by atoms with Gasteiger partial charge < -0.3 is 46.7 Å². The van der Waals surface area contributed by atoms with Gasteiger partial charge in [0.15, 0.2) is 28.5 Å². The number of amides is 2. The van der Waals surface area contributed by atoms with Gasteiger partial charge in [-0.25, -0.2) is 19.6 Å². The van der Waals surface area contributed by atoms with Crippen LogP contribution in [0.1, 0.15) is 60.6 Å². The lowest BCUT2D eigenvalue weighted by atomic mass is 9.79. The van der Waals surface area contributed by atoms with Crippen molar-refractivity contribution < 1.29 is 53.2 Å². The first-order chi connectivity index (χ1) is 31.0. The van der Waals surface area contributed by atoms with E-state index in [1.807, 2.05) is 4.90 Å². The number of benzene rings is 1. The number of ether oxygens (including phenoxy) is 2. The molecule has 0 radical (unpaired) electrons. The van der Waals surface area contributed by atoms with Gasteiger partial charge in [-0.1, -0.05) is 45.9 Å². The van der Waals surface area contributed by atoms with Crippen molar-refractivity contribution in [2.75, 3.05) is 37.5 Å². The summed E-state index contributed by atoms with van der Waals surface area (Å²) in [5, 5.41) is 25.4. The molecule has 1 aliphatic carbocycles. The number of nitrogens with one attached hydrogen (secondary N) is 3. The number of allylic oxidation sites excluding steroid dienone is 2. The standard InChI is InChI=1S/C42H47N9O12S2/c1-19-24(34(55)30-25(17-63-41(44)61)42(62-2)35-26(48-35)16-51(42)32(30)33(19)54)4-3-13-64-65-18-27(39(59)60)47-29(53)12-10-22(38(57)58)14-28(52)21-8-5-20(6-9-21)7-11-23-15-45-36-31(46-23)37(56)50-40(43)49-36/h5-6,8-9,15,22,25-27,35,48H,3-4,7,10-14,16-18H2,1-2H3,(H2,44,61)(H,47,53)(H,57,58)(H,59,60)(H3,43,45,49,50,56)/t22-,25+,26-,27-,35-,42+/m0/s1. The Balaban J connectivity index is 0.841. The number of piperazine rings is 1. The first-order valence-electron chi connectivity index (χ1n) is 20.7. The van der Waals surface area contributed by atoms with E-state index in [9.17, 15) is 48.6 Å². The molecule has 3 aliphatic heterocycles. The summed E-state index contributed by atoms with van der Waals surface area (Å²) in [4.78, 5) is 118. The summed E-state index contributed by atoms with van der Waals surface area (Å²) in [6.07, 6.45) is 1.25. The van der Waals surface area contributed by atoms with E-state index in [1.165, 1.54) is 34.9 Å². The van der Waals surface area contributed by atoms with Crippen LogP contribution in [-0.2, 0) is 46.3 Å². The van der Waals surface area contributed by atoms with Crippen molar-refractivity contribution in [2.24, 2.45) is 17.6 Å². The average Bonchev–Trinajstić information content (AvgIpc) is 3.88. The summed E-state index contributed by atoms with van der Waals surface area (Å²) in [5.74, 6) is -5.84. The number of anilines is 1. The van der Waals surface area contributed by atoms with Crippen molar-refractivity contribution in [1.29, 1.82) is 0 Å². The lowest BCUT2D eigenvalue weighted by molar-refractivity contribution is -0.143. The molecule has 5 heterocycles. The van der Waals surface area contributed by atoms with Gasteiger partial charge >= 0.3 is 18.0 Å². The maximum Gasteiger partial charge on any atom is 0.404 e. The smallest absolute Gasteiger partial charge is 0.404 e. The fourth-order valence-corrected chi connectivity index (χ4v) is 11.0. The van der Waals surface area contributed by atoms with Crippen molar-refractivity contribution in [2.45, 2.75) is 75.7 Å². The molecule has 23 heteroatoms. The highest BCUT2D eigenvalue weighted by Crippen LogP contribution is 2.56. The number of aromatic nitrogens is 4. The maximum atomic E-state index is 14.1. The average molecular weight is 934 g/mol. The second-order valence-corrected chi connectivity index (χ2v) is 18.7. The van der Waals surface area contributed by atoms with Crippen LogP contribution < -0.4 is 27.7 Å². The Hall–Kier alpha value is -6.17. The van der Waals surface area contributed by atoms with Crippen molar-refractivity contribution in [3.05, 3.63) is 80.1 Å². The number of aryl methyl sites for hydroxylation is 2. The molecule has 9 N–H and O–H groups in total. The van der Waals surface area contributed by atoms with Crippen LogP contribution in [0.3, 0.4) is 0 Å². The lowest BCUT2D eigenvalue weighted by Crippen LogP contribution is -2.55. The van der Waals surface area contributed by atoms with Crippen LogP contribution in [0.4, 0.5) is 10.7 Å². The number of carbonyl (C=O) groups excluding carboxylic acids is 5. The van der Waals surface area contributed by atoms with Gasteiger partial charge in [0.1, 0.15) is 12.6 Å². The van der Waals surface area contributed by atoms with Crippen LogP contribution in [0.15, 0.2) is 57.7 Å². The van der Waals surface area contributed by atoms with Gasteiger partial charge in [-0.15, -0.1) is 0 Å². The second kappa shape index (κ2) is 19.5.